The van der Waals surface area contributed by atoms with E-state index in [1.807, 2.05) is 12.1 Å². The molecule has 0 fully saturated rings. The summed E-state index contributed by atoms with van der Waals surface area (Å²) in [5.41, 5.74) is 4.88. The molecule has 0 radical (unpaired) electrons. The van der Waals surface area contributed by atoms with E-state index in [9.17, 15) is 0 Å². The van der Waals surface area contributed by atoms with Crippen LogP contribution in [0.15, 0.2) is 65.3 Å². The Kier molecular flexibility index (Phi) is 5.41. The highest BCUT2D eigenvalue weighted by Crippen LogP contribution is 2.37. The summed E-state index contributed by atoms with van der Waals surface area (Å²) in [6.45, 7) is 4.82. The van der Waals surface area contributed by atoms with Crippen LogP contribution in [0.4, 0.5) is 0 Å². The van der Waals surface area contributed by atoms with Crippen molar-refractivity contribution < 1.29 is 4.74 Å². The third kappa shape index (κ3) is 4.15. The molecule has 136 valence electrons. The molecule has 4 rings (SSSR count). The summed E-state index contributed by atoms with van der Waals surface area (Å²) in [6, 6.07) is 16.8. The first-order valence-corrected chi connectivity index (χ1v) is 10.7. The molecule has 0 aliphatic rings. The molecule has 0 aliphatic heterocycles. The number of benzene rings is 2. The van der Waals surface area contributed by atoms with Gasteiger partial charge in [0.2, 0.25) is 0 Å². The van der Waals surface area contributed by atoms with E-state index in [0.29, 0.717) is 6.61 Å². The Morgan fingerprint density at radius 3 is 2.67 bits per heavy atom. The van der Waals surface area contributed by atoms with Crippen LogP contribution >= 0.6 is 23.1 Å². The van der Waals surface area contributed by atoms with Gasteiger partial charge in [0.05, 0.1) is 12.0 Å². The highest BCUT2D eigenvalue weighted by molar-refractivity contribution is 7.99. The molecule has 2 heterocycles. The lowest BCUT2D eigenvalue weighted by Gasteiger charge is -2.08. The van der Waals surface area contributed by atoms with Gasteiger partial charge in [0.15, 0.2) is 0 Å². The van der Waals surface area contributed by atoms with Crippen LogP contribution in [0.5, 0.6) is 5.75 Å². The fourth-order valence-corrected chi connectivity index (χ4v) is 4.72. The van der Waals surface area contributed by atoms with Gasteiger partial charge in [0, 0.05) is 16.7 Å². The molecule has 27 heavy (non-hydrogen) atoms. The third-order valence-corrected chi connectivity index (χ3v) is 6.12. The average molecular weight is 393 g/mol. The summed E-state index contributed by atoms with van der Waals surface area (Å²) in [4.78, 5) is 10.0. The number of aromatic nitrogens is 2. The molecule has 2 aromatic carbocycles. The van der Waals surface area contributed by atoms with Gasteiger partial charge >= 0.3 is 0 Å². The van der Waals surface area contributed by atoms with Gasteiger partial charge in [-0.3, -0.25) is 0 Å². The van der Waals surface area contributed by atoms with Gasteiger partial charge in [-0.25, -0.2) is 9.97 Å². The van der Waals surface area contributed by atoms with E-state index in [1.54, 1.807) is 29.4 Å². The van der Waals surface area contributed by atoms with Gasteiger partial charge in [-0.2, -0.15) is 0 Å². The lowest BCUT2D eigenvalue weighted by atomic mass is 10.1. The standard InChI is InChI=1S/C22H20N2OS2/c1-15-6-8-17(9-7-15)19-13-27-22-20(19)21(23-14-24-22)26-11-10-25-18-5-3-4-16(2)12-18/h3-9,12-14H,10-11H2,1-2H3. The molecule has 2 aromatic heterocycles. The topological polar surface area (TPSA) is 35.0 Å². The largest absolute Gasteiger partial charge is 0.493 e. The minimum atomic E-state index is 0.642. The van der Waals surface area contributed by atoms with E-state index in [1.165, 1.54) is 22.3 Å². The van der Waals surface area contributed by atoms with E-state index in [0.717, 1.165) is 26.7 Å². The summed E-state index contributed by atoms with van der Waals surface area (Å²) < 4.78 is 5.87. The molecule has 0 N–H and O–H groups in total. The highest BCUT2D eigenvalue weighted by Gasteiger charge is 2.13. The number of hydrogen-bond donors (Lipinski definition) is 0. The van der Waals surface area contributed by atoms with Crippen molar-refractivity contribution in [2.45, 2.75) is 18.9 Å². The van der Waals surface area contributed by atoms with Crippen molar-refractivity contribution in [2.75, 3.05) is 12.4 Å². The van der Waals surface area contributed by atoms with E-state index in [-0.39, 0.29) is 0 Å². The van der Waals surface area contributed by atoms with E-state index < -0.39 is 0 Å². The van der Waals surface area contributed by atoms with E-state index >= 15 is 0 Å². The molecule has 0 spiro atoms. The van der Waals surface area contributed by atoms with Crippen molar-refractivity contribution in [1.82, 2.24) is 9.97 Å². The van der Waals surface area contributed by atoms with Crippen molar-refractivity contribution in [2.24, 2.45) is 0 Å². The number of fused-ring (bicyclic) bond motifs is 1. The second-order valence-electron chi connectivity index (χ2n) is 6.39. The number of thioether (sulfide) groups is 1. The molecule has 0 amide bonds. The highest BCUT2D eigenvalue weighted by atomic mass is 32.2. The second-order valence-corrected chi connectivity index (χ2v) is 8.33. The van der Waals surface area contributed by atoms with Gasteiger partial charge in [-0.15, -0.1) is 23.1 Å². The zero-order valence-corrected chi connectivity index (χ0v) is 16.9. The predicted octanol–water partition coefficient (Wildman–Crippen LogP) is 6.15. The van der Waals surface area contributed by atoms with Crippen LogP contribution in [0.1, 0.15) is 11.1 Å². The summed E-state index contributed by atoms with van der Waals surface area (Å²) in [6.07, 6.45) is 1.65. The molecule has 0 saturated heterocycles. The van der Waals surface area contributed by atoms with Crippen molar-refractivity contribution in [1.29, 1.82) is 0 Å². The molecule has 0 bridgehead atoms. The monoisotopic (exact) mass is 392 g/mol. The maximum atomic E-state index is 5.87. The number of nitrogens with zero attached hydrogens (tertiary/aromatic N) is 2. The first kappa shape index (κ1) is 18.0. The van der Waals surface area contributed by atoms with Gasteiger partial charge in [0.1, 0.15) is 21.9 Å². The van der Waals surface area contributed by atoms with Crippen molar-refractivity contribution in [3.63, 3.8) is 0 Å². The summed E-state index contributed by atoms with van der Waals surface area (Å²) in [5.74, 6) is 1.75. The van der Waals surface area contributed by atoms with Crippen LogP contribution in [0, 0.1) is 13.8 Å². The van der Waals surface area contributed by atoms with Crippen LogP contribution in [-0.2, 0) is 0 Å². The van der Waals surface area contributed by atoms with E-state index in [2.05, 4.69) is 65.6 Å². The second kappa shape index (κ2) is 8.11. The first-order chi connectivity index (χ1) is 13.2. The summed E-state index contributed by atoms with van der Waals surface area (Å²) in [5, 5.41) is 4.34. The lowest BCUT2D eigenvalue weighted by Crippen LogP contribution is -2.00. The van der Waals surface area contributed by atoms with Gasteiger partial charge < -0.3 is 4.74 Å². The Morgan fingerprint density at radius 1 is 1.00 bits per heavy atom. The first-order valence-electron chi connectivity index (χ1n) is 8.82. The zero-order valence-electron chi connectivity index (χ0n) is 15.3. The van der Waals surface area contributed by atoms with Crippen LogP contribution in [0.3, 0.4) is 0 Å². The van der Waals surface area contributed by atoms with E-state index in [4.69, 9.17) is 4.74 Å². The Balaban J connectivity index is 1.51. The maximum absolute atomic E-state index is 5.87. The number of aryl methyl sites for hydroxylation is 2. The van der Waals surface area contributed by atoms with Crippen LogP contribution < -0.4 is 4.74 Å². The molecular formula is C22H20N2OS2. The SMILES string of the molecule is Cc1ccc(-c2csc3ncnc(SCCOc4cccc(C)c4)c23)cc1. The van der Waals surface area contributed by atoms with Crippen molar-refractivity contribution in [3.8, 4) is 16.9 Å². The molecule has 0 saturated carbocycles. The van der Waals surface area contributed by atoms with Gasteiger partial charge in [0.25, 0.3) is 0 Å². The lowest BCUT2D eigenvalue weighted by molar-refractivity contribution is 0.343. The molecule has 0 atom stereocenters. The Bertz CT molecular complexity index is 1060. The summed E-state index contributed by atoms with van der Waals surface area (Å²) in [7, 11) is 0. The van der Waals surface area contributed by atoms with Crippen LogP contribution in [0.25, 0.3) is 21.3 Å². The quantitative estimate of drug-likeness (QED) is 0.224. The maximum Gasteiger partial charge on any atom is 0.128 e. The van der Waals surface area contributed by atoms with Gasteiger partial charge in [-0.1, -0.05) is 42.0 Å². The number of thiophene rings is 1. The molecule has 3 nitrogen and oxygen atoms in total. The van der Waals surface area contributed by atoms with Gasteiger partial charge in [-0.05, 0) is 37.1 Å². The molecule has 0 unspecified atom stereocenters. The molecule has 4 aromatic rings. The third-order valence-electron chi connectivity index (χ3n) is 4.28. The number of ether oxygens (including phenoxy) is 1. The van der Waals surface area contributed by atoms with Crippen LogP contribution in [-0.4, -0.2) is 22.3 Å². The number of rotatable bonds is 6. The minimum Gasteiger partial charge on any atom is -0.493 e. The van der Waals surface area contributed by atoms with Crippen molar-refractivity contribution >= 4 is 33.3 Å². The normalized spacial score (nSPS) is 11.0. The Morgan fingerprint density at radius 2 is 1.85 bits per heavy atom. The molecule has 0 aliphatic carbocycles. The molecule has 5 heteroatoms. The summed E-state index contributed by atoms with van der Waals surface area (Å²) >= 11 is 3.39. The zero-order chi connectivity index (χ0) is 18.6. The predicted molar refractivity (Wildman–Crippen MR) is 115 cm³/mol. The molecular weight excluding hydrogens is 372 g/mol. The average Bonchev–Trinajstić information content (AvgIpc) is 3.11. The fourth-order valence-electron chi connectivity index (χ4n) is 2.91. The minimum absolute atomic E-state index is 0.642. The van der Waals surface area contributed by atoms with Crippen molar-refractivity contribution in [3.05, 3.63) is 71.4 Å². The Labute approximate surface area is 167 Å². The number of hydrogen-bond acceptors (Lipinski definition) is 5. The Hall–Kier alpha value is -2.37. The fraction of sp³-hybridized carbons (Fsp3) is 0.182. The smallest absolute Gasteiger partial charge is 0.128 e. The van der Waals surface area contributed by atoms with Crippen LogP contribution in [0.2, 0.25) is 0 Å².